The van der Waals surface area contributed by atoms with Gasteiger partial charge >= 0.3 is 0 Å². The number of nitrogens with one attached hydrogen (secondary N) is 1. The molecule has 1 rings (SSSR count). The molecule has 0 aliphatic heterocycles. The van der Waals surface area contributed by atoms with E-state index in [1.54, 1.807) is 13.0 Å². The second-order valence-electron chi connectivity index (χ2n) is 3.58. The highest BCUT2D eigenvalue weighted by Crippen LogP contribution is 2.15. The van der Waals surface area contributed by atoms with E-state index in [2.05, 4.69) is 21.2 Å². The zero-order valence-corrected chi connectivity index (χ0v) is 10.3. The fraction of sp³-hybridized carbons (Fsp3) is 0.364. The zero-order chi connectivity index (χ0) is 11.4. The SMILES string of the molecule is Cc1cc(Br)cc(C(=O)NCC(C)O)c1. The topological polar surface area (TPSA) is 49.3 Å². The summed E-state index contributed by atoms with van der Waals surface area (Å²) in [7, 11) is 0. The summed E-state index contributed by atoms with van der Waals surface area (Å²) in [5.74, 6) is -0.166. The summed E-state index contributed by atoms with van der Waals surface area (Å²) in [4.78, 5) is 11.6. The second-order valence-corrected chi connectivity index (χ2v) is 4.49. The molecule has 1 aromatic rings. The van der Waals surface area contributed by atoms with E-state index in [0.717, 1.165) is 10.0 Å². The summed E-state index contributed by atoms with van der Waals surface area (Å²) in [5, 5.41) is 11.7. The minimum Gasteiger partial charge on any atom is -0.392 e. The molecule has 1 atom stereocenters. The van der Waals surface area contributed by atoms with Crippen molar-refractivity contribution in [3.63, 3.8) is 0 Å². The molecule has 0 radical (unpaired) electrons. The Labute approximate surface area is 97.6 Å². The third-order valence-electron chi connectivity index (χ3n) is 1.86. The van der Waals surface area contributed by atoms with Crippen molar-refractivity contribution in [3.8, 4) is 0 Å². The van der Waals surface area contributed by atoms with Crippen LogP contribution in [0.3, 0.4) is 0 Å². The molecule has 0 aliphatic rings. The first kappa shape index (κ1) is 12.2. The van der Waals surface area contributed by atoms with Crippen LogP contribution < -0.4 is 5.32 Å². The van der Waals surface area contributed by atoms with Gasteiger partial charge < -0.3 is 10.4 Å². The van der Waals surface area contributed by atoms with Crippen LogP contribution in [0.25, 0.3) is 0 Å². The maximum atomic E-state index is 11.6. The Morgan fingerprint density at radius 3 is 2.73 bits per heavy atom. The lowest BCUT2D eigenvalue weighted by molar-refractivity contribution is 0.0924. The summed E-state index contributed by atoms with van der Waals surface area (Å²) >= 11 is 3.33. The van der Waals surface area contributed by atoms with Crippen molar-refractivity contribution in [1.82, 2.24) is 5.32 Å². The molecule has 3 nitrogen and oxygen atoms in total. The van der Waals surface area contributed by atoms with E-state index < -0.39 is 6.10 Å². The number of rotatable bonds is 3. The van der Waals surface area contributed by atoms with E-state index in [1.165, 1.54) is 0 Å². The third-order valence-corrected chi connectivity index (χ3v) is 2.32. The molecule has 0 saturated carbocycles. The normalized spacial score (nSPS) is 12.3. The van der Waals surface area contributed by atoms with E-state index in [4.69, 9.17) is 5.11 Å². The predicted molar refractivity (Wildman–Crippen MR) is 62.9 cm³/mol. The first-order valence-corrected chi connectivity index (χ1v) is 5.52. The van der Waals surface area contributed by atoms with Crippen LogP contribution in [0.4, 0.5) is 0 Å². The molecule has 0 aromatic heterocycles. The first-order chi connectivity index (χ1) is 6.99. The van der Waals surface area contributed by atoms with Gasteiger partial charge in [-0.1, -0.05) is 15.9 Å². The van der Waals surface area contributed by atoms with Crippen molar-refractivity contribution in [2.24, 2.45) is 0 Å². The van der Waals surface area contributed by atoms with Crippen LogP contribution in [0.1, 0.15) is 22.8 Å². The van der Waals surface area contributed by atoms with Gasteiger partial charge in [0.25, 0.3) is 5.91 Å². The highest BCUT2D eigenvalue weighted by molar-refractivity contribution is 9.10. The van der Waals surface area contributed by atoms with Crippen LogP contribution in [0.15, 0.2) is 22.7 Å². The average molecular weight is 272 g/mol. The van der Waals surface area contributed by atoms with E-state index in [1.807, 2.05) is 19.1 Å². The van der Waals surface area contributed by atoms with Gasteiger partial charge in [0.05, 0.1) is 6.10 Å². The van der Waals surface area contributed by atoms with Crippen molar-refractivity contribution in [2.45, 2.75) is 20.0 Å². The number of hydrogen-bond acceptors (Lipinski definition) is 2. The van der Waals surface area contributed by atoms with Gasteiger partial charge in [0, 0.05) is 16.6 Å². The average Bonchev–Trinajstić information content (AvgIpc) is 2.12. The molecule has 0 bridgehead atoms. The molecule has 0 fully saturated rings. The molecule has 0 heterocycles. The highest BCUT2D eigenvalue weighted by atomic mass is 79.9. The van der Waals surface area contributed by atoms with Gasteiger partial charge in [-0.3, -0.25) is 4.79 Å². The lowest BCUT2D eigenvalue weighted by Crippen LogP contribution is -2.30. The van der Waals surface area contributed by atoms with Gasteiger partial charge in [-0.25, -0.2) is 0 Å². The van der Waals surface area contributed by atoms with Gasteiger partial charge in [-0.2, -0.15) is 0 Å². The summed E-state index contributed by atoms with van der Waals surface area (Å²) in [5.41, 5.74) is 1.62. The zero-order valence-electron chi connectivity index (χ0n) is 8.75. The Kier molecular flexibility index (Phi) is 4.29. The number of carbonyl (C=O) groups is 1. The van der Waals surface area contributed by atoms with E-state index >= 15 is 0 Å². The van der Waals surface area contributed by atoms with Gasteiger partial charge in [0.2, 0.25) is 0 Å². The molecule has 1 unspecified atom stereocenters. The predicted octanol–water partition coefficient (Wildman–Crippen LogP) is 1.87. The molecular weight excluding hydrogens is 258 g/mol. The quantitative estimate of drug-likeness (QED) is 0.882. The fourth-order valence-corrected chi connectivity index (χ4v) is 1.82. The molecule has 15 heavy (non-hydrogen) atoms. The largest absolute Gasteiger partial charge is 0.392 e. The lowest BCUT2D eigenvalue weighted by Gasteiger charge is -2.08. The summed E-state index contributed by atoms with van der Waals surface area (Å²) in [6, 6.07) is 5.50. The number of aliphatic hydroxyl groups excluding tert-OH is 1. The second kappa shape index (κ2) is 5.28. The van der Waals surface area contributed by atoms with Crippen LogP contribution in [0.5, 0.6) is 0 Å². The maximum Gasteiger partial charge on any atom is 0.251 e. The van der Waals surface area contributed by atoms with Crippen LogP contribution in [-0.2, 0) is 0 Å². The van der Waals surface area contributed by atoms with Crippen molar-refractivity contribution in [3.05, 3.63) is 33.8 Å². The van der Waals surface area contributed by atoms with Crippen LogP contribution in [-0.4, -0.2) is 23.7 Å². The van der Waals surface area contributed by atoms with Crippen LogP contribution >= 0.6 is 15.9 Å². The van der Waals surface area contributed by atoms with Crippen molar-refractivity contribution < 1.29 is 9.90 Å². The Bertz CT molecular complexity index is 343. The first-order valence-electron chi connectivity index (χ1n) is 4.72. The number of carbonyl (C=O) groups excluding carboxylic acids is 1. The van der Waals surface area contributed by atoms with Gasteiger partial charge in [-0.15, -0.1) is 0 Å². The summed E-state index contributed by atoms with van der Waals surface area (Å²) in [6.45, 7) is 3.83. The molecule has 0 aliphatic carbocycles. The minimum atomic E-state index is -0.526. The van der Waals surface area contributed by atoms with Crippen LogP contribution in [0.2, 0.25) is 0 Å². The molecule has 4 heteroatoms. The molecular formula is C11H14BrNO2. The molecule has 1 aromatic carbocycles. The Morgan fingerprint density at radius 2 is 2.20 bits per heavy atom. The number of halogens is 1. The number of hydrogen-bond donors (Lipinski definition) is 2. The van der Waals surface area contributed by atoms with Crippen molar-refractivity contribution >= 4 is 21.8 Å². The third kappa shape index (κ3) is 4.01. The minimum absolute atomic E-state index is 0.166. The standard InChI is InChI=1S/C11H14BrNO2/c1-7-3-9(5-10(12)4-7)11(15)13-6-8(2)14/h3-5,8,14H,6H2,1-2H3,(H,13,15). The van der Waals surface area contributed by atoms with Gasteiger partial charge in [0.1, 0.15) is 0 Å². The molecule has 2 N–H and O–H groups in total. The monoisotopic (exact) mass is 271 g/mol. The molecule has 0 saturated heterocycles. The van der Waals surface area contributed by atoms with Crippen molar-refractivity contribution in [1.29, 1.82) is 0 Å². The van der Waals surface area contributed by atoms with E-state index in [9.17, 15) is 4.79 Å². The Hall–Kier alpha value is -0.870. The Morgan fingerprint density at radius 1 is 1.53 bits per heavy atom. The van der Waals surface area contributed by atoms with Crippen molar-refractivity contribution in [2.75, 3.05) is 6.54 Å². The summed E-state index contributed by atoms with van der Waals surface area (Å²) in [6.07, 6.45) is -0.526. The Balaban J connectivity index is 2.73. The lowest BCUT2D eigenvalue weighted by atomic mass is 10.1. The molecule has 0 spiro atoms. The maximum absolute atomic E-state index is 11.6. The fourth-order valence-electron chi connectivity index (χ4n) is 1.21. The smallest absolute Gasteiger partial charge is 0.251 e. The number of aryl methyl sites for hydroxylation is 1. The van der Waals surface area contributed by atoms with Gasteiger partial charge in [-0.05, 0) is 37.6 Å². The van der Waals surface area contributed by atoms with E-state index in [-0.39, 0.29) is 12.5 Å². The number of amides is 1. The highest BCUT2D eigenvalue weighted by Gasteiger charge is 2.07. The van der Waals surface area contributed by atoms with Crippen LogP contribution in [0, 0.1) is 6.92 Å². The molecule has 82 valence electrons. The number of aliphatic hydroxyl groups is 1. The molecule has 1 amide bonds. The number of benzene rings is 1. The van der Waals surface area contributed by atoms with E-state index in [0.29, 0.717) is 5.56 Å². The summed E-state index contributed by atoms with van der Waals surface area (Å²) < 4.78 is 0.879. The van der Waals surface area contributed by atoms with Gasteiger partial charge in [0.15, 0.2) is 0 Å².